The van der Waals surface area contributed by atoms with Crippen molar-refractivity contribution < 1.29 is 8.78 Å². The lowest BCUT2D eigenvalue weighted by Gasteiger charge is -2.09. The summed E-state index contributed by atoms with van der Waals surface area (Å²) in [5, 5.41) is 8.46. The fourth-order valence-corrected chi connectivity index (χ4v) is 1.67. The minimum Gasteiger partial charge on any atom is -0.326 e. The molecule has 0 radical (unpaired) electrons. The van der Waals surface area contributed by atoms with Gasteiger partial charge in [0.25, 0.3) is 6.43 Å². The van der Waals surface area contributed by atoms with Crippen molar-refractivity contribution in [3.05, 3.63) is 27.5 Å². The third kappa shape index (κ3) is 2.70. The number of nitrogens with two attached hydrogens (primary N) is 1. The molecular formula is C9H8BrF2N3. The first-order valence-electron chi connectivity index (χ1n) is 4.13. The normalized spacial score (nSPS) is 10.4. The Labute approximate surface area is 94.0 Å². The summed E-state index contributed by atoms with van der Waals surface area (Å²) in [5.74, 6) is 0. The van der Waals surface area contributed by atoms with Crippen LogP contribution in [0, 0.1) is 11.3 Å². The summed E-state index contributed by atoms with van der Waals surface area (Å²) in [7, 11) is 0. The van der Waals surface area contributed by atoms with Crippen LogP contribution in [0.2, 0.25) is 0 Å². The van der Waals surface area contributed by atoms with E-state index in [4.69, 9.17) is 11.0 Å². The maximum atomic E-state index is 12.5. The van der Waals surface area contributed by atoms with Crippen molar-refractivity contribution in [2.75, 3.05) is 0 Å². The molecular weight excluding hydrogens is 268 g/mol. The Hall–Kier alpha value is -1.06. The van der Waals surface area contributed by atoms with Crippen LogP contribution in [0.25, 0.3) is 0 Å². The summed E-state index contributed by atoms with van der Waals surface area (Å²) >= 11 is 3.02. The molecule has 0 spiro atoms. The third-order valence-corrected chi connectivity index (χ3v) is 2.71. The van der Waals surface area contributed by atoms with Crippen LogP contribution >= 0.6 is 15.9 Å². The van der Waals surface area contributed by atoms with Crippen molar-refractivity contribution in [3.63, 3.8) is 0 Å². The highest BCUT2D eigenvalue weighted by molar-refractivity contribution is 9.10. The standard InChI is InChI=1S/C9H8BrF2N3/c10-7-5(4-14)3-6(1-2-13)15-8(7)9(11)12/h3,9H,1,4,14H2. The van der Waals surface area contributed by atoms with E-state index in [1.165, 1.54) is 0 Å². The van der Waals surface area contributed by atoms with Gasteiger partial charge in [-0.1, -0.05) is 0 Å². The van der Waals surface area contributed by atoms with E-state index >= 15 is 0 Å². The smallest absolute Gasteiger partial charge is 0.281 e. The zero-order valence-corrected chi connectivity index (χ0v) is 9.26. The van der Waals surface area contributed by atoms with Gasteiger partial charge in [-0.3, -0.25) is 0 Å². The molecule has 0 saturated carbocycles. The van der Waals surface area contributed by atoms with E-state index in [9.17, 15) is 8.78 Å². The van der Waals surface area contributed by atoms with Crippen molar-refractivity contribution in [2.45, 2.75) is 19.4 Å². The molecule has 0 amide bonds. The molecule has 0 saturated heterocycles. The molecule has 2 N–H and O–H groups in total. The molecule has 0 unspecified atom stereocenters. The molecule has 0 aliphatic heterocycles. The van der Waals surface area contributed by atoms with Crippen LogP contribution in [0.15, 0.2) is 10.5 Å². The van der Waals surface area contributed by atoms with Gasteiger partial charge in [0, 0.05) is 11.0 Å². The zero-order valence-electron chi connectivity index (χ0n) is 7.67. The first kappa shape index (κ1) is 12.0. The lowest BCUT2D eigenvalue weighted by Crippen LogP contribution is -2.05. The molecule has 0 aromatic carbocycles. The summed E-state index contributed by atoms with van der Waals surface area (Å²) in [4.78, 5) is 3.70. The minimum atomic E-state index is -2.68. The van der Waals surface area contributed by atoms with E-state index in [1.54, 1.807) is 6.07 Å². The molecule has 1 aromatic heterocycles. The Morgan fingerprint density at radius 1 is 1.60 bits per heavy atom. The summed E-state index contributed by atoms with van der Waals surface area (Å²) in [6, 6.07) is 3.41. The van der Waals surface area contributed by atoms with Crippen molar-refractivity contribution in [3.8, 4) is 6.07 Å². The summed E-state index contributed by atoms with van der Waals surface area (Å²) in [5.41, 5.74) is 5.89. The largest absolute Gasteiger partial charge is 0.326 e. The molecule has 0 aliphatic carbocycles. The monoisotopic (exact) mass is 275 g/mol. The van der Waals surface area contributed by atoms with Crippen LogP contribution in [-0.2, 0) is 13.0 Å². The predicted octanol–water partition coefficient (Wildman–Crippen LogP) is 2.31. The van der Waals surface area contributed by atoms with Gasteiger partial charge >= 0.3 is 0 Å². The summed E-state index contributed by atoms with van der Waals surface area (Å²) < 4.78 is 25.3. The van der Waals surface area contributed by atoms with E-state index in [1.807, 2.05) is 6.07 Å². The highest BCUT2D eigenvalue weighted by Crippen LogP contribution is 2.29. The van der Waals surface area contributed by atoms with Crippen LogP contribution < -0.4 is 5.73 Å². The minimum absolute atomic E-state index is 0. The second-order valence-electron chi connectivity index (χ2n) is 2.81. The van der Waals surface area contributed by atoms with Crippen LogP contribution in [0.3, 0.4) is 0 Å². The maximum absolute atomic E-state index is 12.5. The average Bonchev–Trinajstić information content (AvgIpc) is 2.20. The highest BCUT2D eigenvalue weighted by atomic mass is 79.9. The molecule has 3 nitrogen and oxygen atoms in total. The van der Waals surface area contributed by atoms with E-state index in [0.29, 0.717) is 11.3 Å². The molecule has 1 heterocycles. The van der Waals surface area contributed by atoms with Gasteiger partial charge in [-0.15, -0.1) is 0 Å². The first-order chi connectivity index (χ1) is 7.10. The van der Waals surface area contributed by atoms with Crippen molar-refractivity contribution >= 4 is 15.9 Å². The van der Waals surface area contributed by atoms with Gasteiger partial charge in [-0.05, 0) is 27.6 Å². The number of halogens is 3. The SMILES string of the molecule is N#CCc1cc(CN)c(Br)c(C(F)F)n1. The molecule has 0 bridgehead atoms. The Kier molecular flexibility index (Phi) is 4.12. The fourth-order valence-electron chi connectivity index (χ4n) is 1.13. The summed E-state index contributed by atoms with van der Waals surface area (Å²) in [6.45, 7) is 0.126. The summed E-state index contributed by atoms with van der Waals surface area (Å²) in [6.07, 6.45) is -2.68. The molecule has 1 aromatic rings. The molecule has 0 fully saturated rings. The zero-order chi connectivity index (χ0) is 11.4. The van der Waals surface area contributed by atoms with Crippen molar-refractivity contribution in [2.24, 2.45) is 5.73 Å². The van der Waals surface area contributed by atoms with E-state index in [0.717, 1.165) is 0 Å². The van der Waals surface area contributed by atoms with E-state index in [2.05, 4.69) is 20.9 Å². The molecule has 0 atom stereocenters. The van der Waals surface area contributed by atoms with Gasteiger partial charge in [0.1, 0.15) is 5.69 Å². The van der Waals surface area contributed by atoms with E-state index in [-0.39, 0.29) is 23.1 Å². The maximum Gasteiger partial charge on any atom is 0.281 e. The number of nitriles is 1. The highest BCUT2D eigenvalue weighted by Gasteiger charge is 2.17. The second kappa shape index (κ2) is 5.14. The van der Waals surface area contributed by atoms with Crippen LogP contribution in [0.1, 0.15) is 23.4 Å². The quantitative estimate of drug-likeness (QED) is 0.921. The predicted molar refractivity (Wildman–Crippen MR) is 54.1 cm³/mol. The number of alkyl halides is 2. The van der Waals surface area contributed by atoms with Gasteiger partial charge in [0.2, 0.25) is 0 Å². The number of rotatable bonds is 3. The Bertz CT molecular complexity index is 401. The van der Waals surface area contributed by atoms with Crippen molar-refractivity contribution in [1.82, 2.24) is 4.98 Å². The van der Waals surface area contributed by atoms with Crippen LogP contribution in [-0.4, -0.2) is 4.98 Å². The fraction of sp³-hybridized carbons (Fsp3) is 0.333. The topological polar surface area (TPSA) is 62.7 Å². The Balaban J connectivity index is 3.26. The Morgan fingerprint density at radius 3 is 2.73 bits per heavy atom. The van der Waals surface area contributed by atoms with Gasteiger partial charge in [-0.25, -0.2) is 13.8 Å². The number of pyridine rings is 1. The third-order valence-electron chi connectivity index (χ3n) is 1.80. The first-order valence-corrected chi connectivity index (χ1v) is 4.92. The molecule has 1 rings (SSSR count). The number of nitrogens with zero attached hydrogens (tertiary/aromatic N) is 2. The van der Waals surface area contributed by atoms with Gasteiger partial charge < -0.3 is 5.73 Å². The van der Waals surface area contributed by atoms with Gasteiger partial charge in [0.15, 0.2) is 0 Å². The number of hydrogen-bond acceptors (Lipinski definition) is 3. The molecule has 0 aliphatic rings. The molecule has 6 heteroatoms. The second-order valence-corrected chi connectivity index (χ2v) is 3.60. The average molecular weight is 276 g/mol. The molecule has 80 valence electrons. The van der Waals surface area contributed by atoms with Crippen LogP contribution in [0.4, 0.5) is 8.78 Å². The Morgan fingerprint density at radius 2 is 2.27 bits per heavy atom. The van der Waals surface area contributed by atoms with Gasteiger partial charge in [0.05, 0.1) is 18.2 Å². The lowest BCUT2D eigenvalue weighted by atomic mass is 10.1. The van der Waals surface area contributed by atoms with Gasteiger partial charge in [-0.2, -0.15) is 5.26 Å². The number of hydrogen-bond donors (Lipinski definition) is 1. The van der Waals surface area contributed by atoms with Crippen LogP contribution in [0.5, 0.6) is 0 Å². The molecule has 15 heavy (non-hydrogen) atoms. The van der Waals surface area contributed by atoms with Crippen molar-refractivity contribution in [1.29, 1.82) is 5.26 Å². The number of aromatic nitrogens is 1. The lowest BCUT2D eigenvalue weighted by molar-refractivity contribution is 0.144. The van der Waals surface area contributed by atoms with E-state index < -0.39 is 6.43 Å².